The normalized spacial score (nSPS) is 17.6. The predicted molar refractivity (Wildman–Crippen MR) is 62.9 cm³/mol. The molecule has 1 unspecified atom stereocenters. The zero-order chi connectivity index (χ0) is 13.5. The molecule has 1 atom stereocenters. The van der Waals surface area contributed by atoms with E-state index in [0.29, 0.717) is 5.57 Å². The monoisotopic (exact) mass is 250 g/mol. The second-order valence-electron chi connectivity index (χ2n) is 3.73. The van der Waals surface area contributed by atoms with Crippen molar-refractivity contribution in [3.63, 3.8) is 0 Å². The van der Waals surface area contributed by atoms with Gasteiger partial charge in [0, 0.05) is 13.0 Å². The fourth-order valence-corrected chi connectivity index (χ4v) is 1.16. The Labute approximate surface area is 105 Å². The first-order chi connectivity index (χ1) is 8.52. The van der Waals surface area contributed by atoms with E-state index >= 15 is 0 Å². The zero-order valence-corrected chi connectivity index (χ0v) is 10.2. The topological polar surface area (TPSA) is 72.8 Å². The van der Waals surface area contributed by atoms with Crippen LogP contribution in [0.15, 0.2) is 23.5 Å². The van der Waals surface area contributed by atoms with E-state index < -0.39 is 5.97 Å². The van der Waals surface area contributed by atoms with Gasteiger partial charge in [0.15, 0.2) is 0 Å². The Kier molecular flexibility index (Phi) is 5.15. The molecule has 0 fully saturated rings. The molecule has 0 aliphatic carbocycles. The van der Waals surface area contributed by atoms with Crippen molar-refractivity contribution < 1.29 is 24.2 Å². The Bertz CT molecular complexity index is 462. The first-order valence-corrected chi connectivity index (χ1v) is 5.41. The zero-order valence-electron chi connectivity index (χ0n) is 10.2. The lowest BCUT2D eigenvalue weighted by molar-refractivity contribution is -0.141. The van der Waals surface area contributed by atoms with Gasteiger partial charge >= 0.3 is 11.9 Å². The molecule has 0 aromatic heterocycles. The molecular weight excluding hydrogens is 236 g/mol. The van der Waals surface area contributed by atoms with Crippen molar-refractivity contribution in [3.05, 3.63) is 23.5 Å². The number of carbonyl (C=O) groups is 2. The lowest BCUT2D eigenvalue weighted by atomic mass is 10.1. The Balaban J connectivity index is 2.67. The third kappa shape index (κ3) is 4.44. The lowest BCUT2D eigenvalue weighted by Crippen LogP contribution is -2.07. The molecule has 1 heterocycles. The number of ether oxygens (including phenoxy) is 2. The molecule has 0 aromatic rings. The van der Waals surface area contributed by atoms with Crippen LogP contribution in [-0.4, -0.2) is 30.3 Å². The maximum Gasteiger partial charge on any atom is 0.336 e. The molecule has 1 aliphatic rings. The molecule has 96 valence electrons. The Morgan fingerprint density at radius 2 is 2.28 bits per heavy atom. The fraction of sp³-hybridized carbons (Fsp3) is 0.385. The van der Waals surface area contributed by atoms with Gasteiger partial charge in [0.2, 0.25) is 0 Å². The maximum absolute atomic E-state index is 10.9. The molecule has 0 aromatic carbocycles. The van der Waals surface area contributed by atoms with Crippen LogP contribution in [0.5, 0.6) is 0 Å². The van der Waals surface area contributed by atoms with Crippen LogP contribution < -0.4 is 0 Å². The van der Waals surface area contributed by atoms with Gasteiger partial charge in [-0.05, 0) is 13.0 Å². The van der Waals surface area contributed by atoms with Crippen LogP contribution in [0.2, 0.25) is 0 Å². The third-order valence-electron chi connectivity index (χ3n) is 2.04. The molecule has 0 spiro atoms. The van der Waals surface area contributed by atoms with Crippen LogP contribution in [0.25, 0.3) is 0 Å². The Morgan fingerprint density at radius 3 is 2.78 bits per heavy atom. The molecule has 1 rings (SSSR count). The van der Waals surface area contributed by atoms with Crippen molar-refractivity contribution in [2.75, 3.05) is 13.2 Å². The molecule has 1 aliphatic heterocycles. The summed E-state index contributed by atoms with van der Waals surface area (Å²) in [6.07, 6.45) is 2.72. The molecule has 0 saturated heterocycles. The van der Waals surface area contributed by atoms with Gasteiger partial charge in [0.05, 0.1) is 18.1 Å². The molecule has 1 N–H and O–H groups in total. The van der Waals surface area contributed by atoms with Gasteiger partial charge in [0.25, 0.3) is 0 Å². The first kappa shape index (κ1) is 14.0. The summed E-state index contributed by atoms with van der Waals surface area (Å²) in [7, 11) is 0. The van der Waals surface area contributed by atoms with Crippen LogP contribution in [0.1, 0.15) is 13.8 Å². The van der Waals surface area contributed by atoms with E-state index in [1.54, 1.807) is 6.92 Å². The summed E-state index contributed by atoms with van der Waals surface area (Å²) in [4.78, 5) is 21.5. The van der Waals surface area contributed by atoms with Gasteiger partial charge in [-0.2, -0.15) is 0 Å². The van der Waals surface area contributed by atoms with Crippen LogP contribution in [0.4, 0.5) is 0 Å². The minimum atomic E-state index is -0.481. The smallest absolute Gasteiger partial charge is 0.336 e. The van der Waals surface area contributed by atoms with Crippen LogP contribution in [0.3, 0.4) is 0 Å². The molecule has 5 nitrogen and oxygen atoms in total. The number of rotatable bonds is 3. The minimum Gasteiger partial charge on any atom is -0.465 e. The van der Waals surface area contributed by atoms with Crippen molar-refractivity contribution in [3.8, 4) is 11.8 Å². The largest absolute Gasteiger partial charge is 0.465 e. The maximum atomic E-state index is 10.9. The van der Waals surface area contributed by atoms with Crippen LogP contribution in [-0.2, 0) is 19.1 Å². The summed E-state index contributed by atoms with van der Waals surface area (Å²) in [5.74, 6) is 4.77. The van der Waals surface area contributed by atoms with Crippen molar-refractivity contribution in [1.29, 1.82) is 0 Å². The highest BCUT2D eigenvalue weighted by molar-refractivity contribution is 5.86. The SMILES string of the molecule is CC(=O)OCC(C)C#CC(CO)=C1C=CC(=O)O1. The van der Waals surface area contributed by atoms with Crippen molar-refractivity contribution in [2.24, 2.45) is 5.92 Å². The average Bonchev–Trinajstić information content (AvgIpc) is 2.74. The summed E-state index contributed by atoms with van der Waals surface area (Å²) in [5.41, 5.74) is 0.326. The average molecular weight is 250 g/mol. The quantitative estimate of drug-likeness (QED) is 0.585. The number of aliphatic hydroxyl groups is 1. The summed E-state index contributed by atoms with van der Waals surface area (Å²) in [6, 6.07) is 0. The molecule has 0 bridgehead atoms. The van der Waals surface area contributed by atoms with Gasteiger partial charge in [0.1, 0.15) is 12.4 Å². The third-order valence-corrected chi connectivity index (χ3v) is 2.04. The van der Waals surface area contributed by atoms with Gasteiger partial charge in [-0.25, -0.2) is 4.79 Å². The van der Waals surface area contributed by atoms with Crippen molar-refractivity contribution in [2.45, 2.75) is 13.8 Å². The predicted octanol–water partition coefficient (Wildman–Crippen LogP) is 0.548. The van der Waals surface area contributed by atoms with E-state index in [1.807, 2.05) is 0 Å². The van der Waals surface area contributed by atoms with E-state index in [-0.39, 0.29) is 30.9 Å². The summed E-state index contributed by atoms with van der Waals surface area (Å²) >= 11 is 0. The summed E-state index contributed by atoms with van der Waals surface area (Å²) < 4.78 is 9.62. The number of hydrogen-bond donors (Lipinski definition) is 1. The fourth-order valence-electron chi connectivity index (χ4n) is 1.16. The minimum absolute atomic E-state index is 0.169. The number of allylic oxidation sites excluding steroid dienone is 1. The standard InChI is InChI=1S/C13H14O5/c1-9(8-17-10(2)15)3-4-11(7-14)12-5-6-13(16)18-12/h5-6,9,14H,7-8H2,1-2H3. The number of aliphatic hydroxyl groups excluding tert-OH is 1. The number of esters is 2. The van der Waals surface area contributed by atoms with E-state index in [4.69, 9.17) is 14.6 Å². The van der Waals surface area contributed by atoms with E-state index in [9.17, 15) is 9.59 Å². The van der Waals surface area contributed by atoms with E-state index in [0.717, 1.165) is 0 Å². The highest BCUT2D eigenvalue weighted by atomic mass is 16.5. The number of hydrogen-bond acceptors (Lipinski definition) is 5. The summed E-state index contributed by atoms with van der Waals surface area (Å²) in [5, 5.41) is 9.13. The van der Waals surface area contributed by atoms with Crippen molar-refractivity contribution in [1.82, 2.24) is 0 Å². The molecule has 0 radical (unpaired) electrons. The second-order valence-corrected chi connectivity index (χ2v) is 3.73. The summed E-state index contributed by atoms with van der Waals surface area (Å²) in [6.45, 7) is 2.97. The molecule has 18 heavy (non-hydrogen) atoms. The molecule has 0 saturated carbocycles. The van der Waals surface area contributed by atoms with Crippen molar-refractivity contribution >= 4 is 11.9 Å². The van der Waals surface area contributed by atoms with E-state index in [2.05, 4.69) is 11.8 Å². The van der Waals surface area contributed by atoms with Gasteiger partial charge in [-0.3, -0.25) is 4.79 Å². The Hall–Kier alpha value is -2.06. The Morgan fingerprint density at radius 1 is 1.56 bits per heavy atom. The first-order valence-electron chi connectivity index (χ1n) is 5.41. The van der Waals surface area contributed by atoms with Gasteiger partial charge in [-0.1, -0.05) is 11.8 Å². The molecular formula is C13H14O5. The van der Waals surface area contributed by atoms with Gasteiger partial charge in [-0.15, -0.1) is 0 Å². The molecule has 5 heteroatoms. The van der Waals surface area contributed by atoms with E-state index in [1.165, 1.54) is 19.1 Å². The lowest BCUT2D eigenvalue weighted by Gasteiger charge is -2.04. The number of carbonyl (C=O) groups excluding carboxylic acids is 2. The second kappa shape index (κ2) is 6.62. The highest BCUT2D eigenvalue weighted by Gasteiger charge is 2.13. The van der Waals surface area contributed by atoms with Gasteiger partial charge < -0.3 is 14.6 Å². The van der Waals surface area contributed by atoms with Crippen LogP contribution in [0, 0.1) is 17.8 Å². The van der Waals surface area contributed by atoms with Crippen LogP contribution >= 0.6 is 0 Å². The highest BCUT2D eigenvalue weighted by Crippen LogP contribution is 2.13. The number of cyclic esters (lactones) is 1. The molecule has 0 amide bonds.